The molecule has 3 aliphatic rings. The van der Waals surface area contributed by atoms with Gasteiger partial charge in [0.2, 0.25) is 5.72 Å². The number of hydrogen-bond acceptors (Lipinski definition) is 3. The second-order valence-electron chi connectivity index (χ2n) is 4.52. The van der Waals surface area contributed by atoms with E-state index in [1.165, 1.54) is 5.56 Å². The van der Waals surface area contributed by atoms with Gasteiger partial charge in [-0.2, -0.15) is 0 Å². The van der Waals surface area contributed by atoms with E-state index in [2.05, 4.69) is 0 Å². The standard InChI is InChI=1S/C12H13NO3/c14-11(15)12(16)7-8-5-6-13(12)10-4-2-1-3-9(8)10/h1-4,8,16H,5-7H2,(H,14,15). The maximum atomic E-state index is 11.2. The molecule has 2 unspecified atom stereocenters. The van der Waals surface area contributed by atoms with Crippen molar-refractivity contribution in [3.63, 3.8) is 0 Å². The fourth-order valence-electron chi connectivity index (χ4n) is 2.89. The second-order valence-corrected chi connectivity index (χ2v) is 4.52. The molecule has 4 rings (SSSR count). The van der Waals surface area contributed by atoms with Gasteiger partial charge in [0.05, 0.1) is 0 Å². The van der Waals surface area contributed by atoms with Gasteiger partial charge in [-0.1, -0.05) is 18.2 Å². The van der Waals surface area contributed by atoms with E-state index < -0.39 is 11.7 Å². The summed E-state index contributed by atoms with van der Waals surface area (Å²) in [6, 6.07) is 7.74. The highest BCUT2D eigenvalue weighted by Gasteiger charge is 2.52. The lowest BCUT2D eigenvalue weighted by molar-refractivity contribution is -0.162. The molecule has 4 nitrogen and oxygen atoms in total. The molecule has 4 heteroatoms. The number of carboxylic acid groups (broad SMARTS) is 1. The predicted octanol–water partition coefficient (Wildman–Crippen LogP) is 1.16. The van der Waals surface area contributed by atoms with Gasteiger partial charge in [-0.15, -0.1) is 0 Å². The average Bonchev–Trinajstić information content (AvgIpc) is 2.30. The van der Waals surface area contributed by atoms with Crippen LogP contribution in [-0.2, 0) is 4.79 Å². The number of carbonyl (C=O) groups is 1. The Morgan fingerprint density at radius 2 is 2.19 bits per heavy atom. The largest absolute Gasteiger partial charge is 0.478 e. The predicted molar refractivity (Wildman–Crippen MR) is 58.3 cm³/mol. The molecule has 1 saturated heterocycles. The van der Waals surface area contributed by atoms with E-state index >= 15 is 0 Å². The number of nitrogens with zero attached hydrogens (tertiary/aromatic N) is 1. The van der Waals surface area contributed by atoms with Crippen LogP contribution in [0.5, 0.6) is 0 Å². The van der Waals surface area contributed by atoms with Crippen molar-refractivity contribution in [3.8, 4) is 0 Å². The number of para-hydroxylation sites is 1. The van der Waals surface area contributed by atoms with Gasteiger partial charge in [-0.05, 0) is 24.0 Å². The van der Waals surface area contributed by atoms with E-state index in [1.807, 2.05) is 24.3 Å². The lowest BCUT2D eigenvalue weighted by Gasteiger charge is -2.50. The second kappa shape index (κ2) is 2.98. The Hall–Kier alpha value is -1.55. The molecule has 84 valence electrons. The normalized spacial score (nSPS) is 31.3. The van der Waals surface area contributed by atoms with Crippen molar-refractivity contribution in [1.82, 2.24) is 0 Å². The molecule has 0 saturated carbocycles. The minimum atomic E-state index is -1.71. The van der Waals surface area contributed by atoms with Gasteiger partial charge in [0.1, 0.15) is 0 Å². The molecule has 0 radical (unpaired) electrons. The molecule has 1 fully saturated rings. The first-order chi connectivity index (χ1) is 7.63. The Balaban J connectivity index is 2.15. The molecule has 2 bridgehead atoms. The van der Waals surface area contributed by atoms with E-state index in [4.69, 9.17) is 5.11 Å². The van der Waals surface area contributed by atoms with Crippen LogP contribution in [0.15, 0.2) is 24.3 Å². The number of aliphatic carboxylic acids is 1. The summed E-state index contributed by atoms with van der Waals surface area (Å²) >= 11 is 0. The number of carboxylic acids is 1. The zero-order valence-electron chi connectivity index (χ0n) is 8.76. The summed E-state index contributed by atoms with van der Waals surface area (Å²) in [5, 5.41) is 19.4. The molecular weight excluding hydrogens is 206 g/mol. The number of benzene rings is 1. The Morgan fingerprint density at radius 1 is 1.44 bits per heavy atom. The third-order valence-corrected chi connectivity index (χ3v) is 3.69. The van der Waals surface area contributed by atoms with Crippen LogP contribution in [0.4, 0.5) is 5.69 Å². The summed E-state index contributed by atoms with van der Waals surface area (Å²) in [6.45, 7) is 0.616. The first kappa shape index (κ1) is 9.66. The molecule has 0 aromatic heterocycles. The van der Waals surface area contributed by atoms with E-state index in [9.17, 15) is 9.90 Å². The molecular formula is C12H13NO3. The maximum absolute atomic E-state index is 11.2. The van der Waals surface area contributed by atoms with Crippen LogP contribution >= 0.6 is 0 Å². The molecule has 2 N–H and O–H groups in total. The van der Waals surface area contributed by atoms with Gasteiger partial charge < -0.3 is 15.1 Å². The highest BCUT2D eigenvalue weighted by Crippen LogP contribution is 2.48. The van der Waals surface area contributed by atoms with Crippen LogP contribution in [0.1, 0.15) is 24.3 Å². The smallest absolute Gasteiger partial charge is 0.357 e. The zero-order chi connectivity index (χ0) is 11.3. The fraction of sp³-hybridized carbons (Fsp3) is 0.417. The maximum Gasteiger partial charge on any atom is 0.357 e. The topological polar surface area (TPSA) is 60.8 Å². The Morgan fingerprint density at radius 3 is 2.94 bits per heavy atom. The van der Waals surface area contributed by atoms with Crippen molar-refractivity contribution in [2.24, 2.45) is 0 Å². The van der Waals surface area contributed by atoms with Crippen LogP contribution in [0.2, 0.25) is 0 Å². The number of piperidine rings is 1. The van der Waals surface area contributed by atoms with Crippen LogP contribution in [0.3, 0.4) is 0 Å². The summed E-state index contributed by atoms with van der Waals surface area (Å²) in [4.78, 5) is 12.8. The first-order valence-corrected chi connectivity index (χ1v) is 5.45. The molecule has 0 amide bonds. The van der Waals surface area contributed by atoms with Gasteiger partial charge in [-0.3, -0.25) is 0 Å². The summed E-state index contributed by atoms with van der Waals surface area (Å²) in [5.74, 6) is -0.978. The average molecular weight is 219 g/mol. The summed E-state index contributed by atoms with van der Waals surface area (Å²) in [7, 11) is 0. The van der Waals surface area contributed by atoms with Crippen molar-refractivity contribution in [3.05, 3.63) is 29.8 Å². The molecule has 3 aliphatic heterocycles. The summed E-state index contributed by atoms with van der Waals surface area (Å²) in [6.07, 6.45) is 1.21. The minimum Gasteiger partial charge on any atom is -0.478 e. The van der Waals surface area contributed by atoms with E-state index in [-0.39, 0.29) is 5.92 Å². The number of anilines is 1. The highest BCUT2D eigenvalue weighted by atomic mass is 16.4. The Labute approximate surface area is 93.1 Å². The van der Waals surface area contributed by atoms with Crippen molar-refractivity contribution >= 4 is 11.7 Å². The molecule has 1 aromatic rings. The molecule has 3 heterocycles. The Kier molecular flexibility index (Phi) is 1.80. The summed E-state index contributed by atoms with van der Waals surface area (Å²) < 4.78 is 0. The lowest BCUT2D eigenvalue weighted by Crippen LogP contribution is -2.61. The van der Waals surface area contributed by atoms with E-state index in [0.717, 1.165) is 12.1 Å². The van der Waals surface area contributed by atoms with Gasteiger partial charge in [0.25, 0.3) is 0 Å². The van der Waals surface area contributed by atoms with Gasteiger partial charge in [0, 0.05) is 18.7 Å². The van der Waals surface area contributed by atoms with Crippen molar-refractivity contribution in [2.45, 2.75) is 24.5 Å². The van der Waals surface area contributed by atoms with Crippen molar-refractivity contribution in [1.29, 1.82) is 0 Å². The molecule has 0 aliphatic carbocycles. The minimum absolute atomic E-state index is 0.169. The lowest BCUT2D eigenvalue weighted by atomic mass is 9.77. The van der Waals surface area contributed by atoms with Gasteiger partial charge in [0.15, 0.2) is 0 Å². The number of aliphatic hydroxyl groups is 1. The third-order valence-electron chi connectivity index (χ3n) is 3.69. The molecule has 1 aromatic carbocycles. The Bertz CT molecular complexity index is 459. The summed E-state index contributed by atoms with van der Waals surface area (Å²) in [5.41, 5.74) is 0.326. The van der Waals surface area contributed by atoms with Crippen molar-refractivity contribution < 1.29 is 15.0 Å². The molecule has 0 spiro atoms. The van der Waals surface area contributed by atoms with Crippen LogP contribution in [-0.4, -0.2) is 28.5 Å². The number of rotatable bonds is 1. The van der Waals surface area contributed by atoms with Crippen molar-refractivity contribution in [2.75, 3.05) is 11.4 Å². The highest BCUT2D eigenvalue weighted by molar-refractivity contribution is 5.84. The number of fused-ring (bicyclic) bond motifs is 2. The van der Waals surface area contributed by atoms with Gasteiger partial charge >= 0.3 is 5.97 Å². The zero-order valence-corrected chi connectivity index (χ0v) is 8.76. The third kappa shape index (κ3) is 1.05. The van der Waals surface area contributed by atoms with Crippen LogP contribution in [0, 0.1) is 0 Å². The van der Waals surface area contributed by atoms with Gasteiger partial charge in [-0.25, -0.2) is 4.79 Å². The molecule has 2 atom stereocenters. The first-order valence-electron chi connectivity index (χ1n) is 5.45. The monoisotopic (exact) mass is 219 g/mol. The molecule has 16 heavy (non-hydrogen) atoms. The SMILES string of the molecule is O=C(O)C1(O)CC2CCN1c1ccccc12. The van der Waals surface area contributed by atoms with Crippen LogP contribution in [0.25, 0.3) is 0 Å². The fourth-order valence-corrected chi connectivity index (χ4v) is 2.89. The van der Waals surface area contributed by atoms with E-state index in [1.54, 1.807) is 4.90 Å². The number of hydrogen-bond donors (Lipinski definition) is 2. The van der Waals surface area contributed by atoms with Crippen LogP contribution < -0.4 is 4.90 Å². The quantitative estimate of drug-likeness (QED) is 0.744. The van der Waals surface area contributed by atoms with E-state index in [0.29, 0.717) is 13.0 Å².